The number of aromatic nitrogens is 2. The zero-order chi connectivity index (χ0) is 31.3. The Morgan fingerprint density at radius 3 is 2.27 bits per heavy atom. The lowest BCUT2D eigenvalue weighted by Gasteiger charge is -2.43. The third-order valence-electron chi connectivity index (χ3n) is 4.32. The van der Waals surface area contributed by atoms with Crippen LogP contribution in [0.1, 0.15) is 47.4 Å². The summed E-state index contributed by atoms with van der Waals surface area (Å²) in [5.74, 6) is -3.79. The van der Waals surface area contributed by atoms with Crippen LogP contribution in [-0.2, 0) is 43.7 Å². The molecule has 5 N–H and O–H groups in total. The van der Waals surface area contributed by atoms with Crippen LogP contribution < -0.4 is 16.4 Å². The van der Waals surface area contributed by atoms with Gasteiger partial charge in [0.25, 0.3) is 11.8 Å². The van der Waals surface area contributed by atoms with Crippen LogP contribution in [0.4, 0.5) is 14.7 Å². The number of hydrogen-bond acceptors (Lipinski definition) is 15. The fraction of sp³-hybridized carbons (Fsp3) is 0.600. The molecule has 0 bridgehead atoms. The number of nitrogens with one attached hydrogen (secondary N) is 2. The highest BCUT2D eigenvalue weighted by atomic mass is 32.2. The number of primary amides is 1. The van der Waals surface area contributed by atoms with Gasteiger partial charge in [-0.3, -0.25) is 19.5 Å². The van der Waals surface area contributed by atoms with E-state index in [2.05, 4.69) is 29.9 Å². The summed E-state index contributed by atoms with van der Waals surface area (Å²) in [6, 6.07) is -3.23. The average molecular weight is 624 g/mol. The molecule has 2 atom stereocenters. The van der Waals surface area contributed by atoms with Crippen LogP contribution in [-0.4, -0.2) is 98.8 Å². The second-order valence-electron chi connectivity index (χ2n) is 10.1. The molecule has 1 aromatic rings. The Labute approximate surface area is 237 Å². The Morgan fingerprint density at radius 1 is 1.12 bits per heavy atom. The zero-order valence-corrected chi connectivity index (χ0v) is 24.3. The van der Waals surface area contributed by atoms with Crippen LogP contribution in [0.2, 0.25) is 0 Å². The Balaban J connectivity index is 2.30. The number of rotatable bonds is 10. The highest BCUT2D eigenvalue weighted by Gasteiger charge is 2.55. The molecule has 1 aliphatic heterocycles. The van der Waals surface area contributed by atoms with Crippen molar-refractivity contribution in [3.05, 3.63) is 5.82 Å². The van der Waals surface area contributed by atoms with Gasteiger partial charge in [-0.1, -0.05) is 5.16 Å². The molecular formula is C20H29N7O12S2. The molecule has 1 aromatic heterocycles. The number of nitrogens with two attached hydrogens (primary N) is 1. The maximum Gasteiger partial charge on any atom is 0.414 e. The normalized spacial score (nSPS) is 17.7. The molecule has 2 rings (SSSR count). The van der Waals surface area contributed by atoms with Gasteiger partial charge in [-0.25, -0.2) is 18.7 Å². The van der Waals surface area contributed by atoms with Gasteiger partial charge in [0.1, 0.15) is 29.9 Å². The van der Waals surface area contributed by atoms with Crippen molar-refractivity contribution >= 4 is 62.7 Å². The number of β-lactam (4-membered cyclic amide) rings is 1. The second kappa shape index (κ2) is 12.6. The van der Waals surface area contributed by atoms with Crippen LogP contribution in [0.3, 0.4) is 0 Å². The van der Waals surface area contributed by atoms with Gasteiger partial charge in [0.15, 0.2) is 0 Å². The Hall–Kier alpha value is -4.11. The number of carbonyl (C=O) groups is 5. The number of hydrogen-bond donors (Lipinski definition) is 4. The minimum absolute atomic E-state index is 0.0271. The lowest BCUT2D eigenvalue weighted by Crippen LogP contribution is -2.73. The molecule has 19 nitrogen and oxygen atoms in total. The van der Waals surface area contributed by atoms with E-state index in [1.807, 2.05) is 0 Å². The molecule has 0 aromatic carbocycles. The number of amides is 4. The summed E-state index contributed by atoms with van der Waals surface area (Å²) in [5.41, 5.74) is 2.48. The lowest BCUT2D eigenvalue weighted by molar-refractivity contribution is -0.160. The third-order valence-corrected chi connectivity index (χ3v) is 5.90. The van der Waals surface area contributed by atoms with Crippen LogP contribution in [0, 0.1) is 0 Å². The third kappa shape index (κ3) is 10.1. The molecule has 21 heteroatoms. The maximum atomic E-state index is 13.1. The highest BCUT2D eigenvalue weighted by Crippen LogP contribution is 2.24. The molecule has 228 valence electrons. The molecule has 0 spiro atoms. The molecule has 0 aliphatic carbocycles. The predicted molar refractivity (Wildman–Crippen MR) is 138 cm³/mol. The summed E-state index contributed by atoms with van der Waals surface area (Å²) in [7, 11) is -5.09. The smallest absolute Gasteiger partial charge is 0.414 e. The Kier molecular flexibility index (Phi) is 10.2. The molecule has 4 amide bonds. The van der Waals surface area contributed by atoms with Crippen molar-refractivity contribution in [2.24, 2.45) is 10.9 Å². The van der Waals surface area contributed by atoms with E-state index in [9.17, 15) is 36.9 Å². The molecule has 0 unspecified atom stereocenters. The van der Waals surface area contributed by atoms with E-state index in [1.165, 1.54) is 0 Å². The van der Waals surface area contributed by atoms with Crippen molar-refractivity contribution in [1.82, 2.24) is 19.0 Å². The molecule has 0 saturated carbocycles. The fourth-order valence-corrected chi connectivity index (χ4v) is 4.39. The lowest BCUT2D eigenvalue weighted by atomic mass is 9.99. The first kappa shape index (κ1) is 33.1. The second-order valence-corrected chi connectivity index (χ2v) is 12.2. The van der Waals surface area contributed by atoms with Gasteiger partial charge in [0.2, 0.25) is 23.3 Å². The van der Waals surface area contributed by atoms with Gasteiger partial charge < -0.3 is 30.1 Å². The molecule has 41 heavy (non-hydrogen) atoms. The average Bonchev–Trinajstić information content (AvgIpc) is 3.21. The SMILES string of the molecule is CC(C)(C)OC(=O)CO/N=C(\C(=O)N[C@@H]1C(=O)N(S(=O)(=O)O)[C@@H]1COC(N)=O)c1nsc(NC(=O)OC(C)(C)C)n1. The van der Waals surface area contributed by atoms with Crippen LogP contribution in [0.25, 0.3) is 0 Å². The van der Waals surface area contributed by atoms with E-state index >= 15 is 0 Å². The molecule has 1 fully saturated rings. The molecular weight excluding hydrogens is 594 g/mol. The maximum absolute atomic E-state index is 13.1. The van der Waals surface area contributed by atoms with Crippen LogP contribution in [0.15, 0.2) is 5.16 Å². The quantitative estimate of drug-likeness (QED) is 0.0641. The van der Waals surface area contributed by atoms with Gasteiger partial charge in [-0.2, -0.15) is 17.8 Å². The van der Waals surface area contributed by atoms with Crippen molar-refractivity contribution in [3.8, 4) is 0 Å². The van der Waals surface area contributed by atoms with Gasteiger partial charge in [-0.15, -0.1) is 0 Å². The van der Waals surface area contributed by atoms with E-state index in [4.69, 9.17) is 20.0 Å². The number of anilines is 1. The number of esters is 1. The number of carbonyl (C=O) groups excluding carboxylic acids is 5. The number of ether oxygens (including phenoxy) is 3. The first-order chi connectivity index (χ1) is 18.7. The minimum atomic E-state index is -5.09. The standard InChI is InChI=1S/C20H29N7O12S2/c1-19(2,3)38-10(28)8-37-25-12(13-23-17(40-26-13)24-18(32)39-20(4,5)6)14(29)22-11-9(7-36-16(21)31)27(15(11)30)41(33,34)35/h9,11H,7-8H2,1-6H3,(H2,21,31)(H,22,29)(H,33,34,35)(H,23,24,26,32)/b25-12-/t9-,11+/m1/s1. The predicted octanol–water partition coefficient (Wildman–Crippen LogP) is -0.459. The monoisotopic (exact) mass is 623 g/mol. The van der Waals surface area contributed by atoms with Gasteiger partial charge in [0.05, 0.1) is 0 Å². The van der Waals surface area contributed by atoms with Crippen molar-refractivity contribution in [2.75, 3.05) is 18.5 Å². The van der Waals surface area contributed by atoms with E-state index in [-0.39, 0.29) is 9.44 Å². The fourth-order valence-electron chi connectivity index (χ4n) is 2.97. The van der Waals surface area contributed by atoms with Gasteiger partial charge in [0, 0.05) is 11.5 Å². The van der Waals surface area contributed by atoms with Gasteiger partial charge >= 0.3 is 28.5 Å². The van der Waals surface area contributed by atoms with E-state index in [0.717, 1.165) is 0 Å². The first-order valence-electron chi connectivity index (χ1n) is 11.5. The number of nitrogens with zero attached hydrogens (tertiary/aromatic N) is 4. The van der Waals surface area contributed by atoms with Crippen molar-refractivity contribution in [1.29, 1.82) is 0 Å². The van der Waals surface area contributed by atoms with E-state index in [0.29, 0.717) is 11.5 Å². The van der Waals surface area contributed by atoms with Crippen LogP contribution >= 0.6 is 11.5 Å². The summed E-state index contributed by atoms with van der Waals surface area (Å²) in [6.45, 7) is 8.13. The molecule has 2 heterocycles. The van der Waals surface area contributed by atoms with Crippen molar-refractivity contribution in [2.45, 2.75) is 64.8 Å². The summed E-state index contributed by atoms with van der Waals surface area (Å²) < 4.78 is 51.0. The molecule has 1 aliphatic rings. The Bertz CT molecular complexity index is 1330. The first-order valence-corrected chi connectivity index (χ1v) is 13.6. The minimum Gasteiger partial charge on any atom is -0.457 e. The topological polar surface area (TPSA) is 268 Å². The number of oxime groups is 1. The highest BCUT2D eigenvalue weighted by molar-refractivity contribution is 7.84. The van der Waals surface area contributed by atoms with E-state index < -0.39 is 88.3 Å². The van der Waals surface area contributed by atoms with E-state index in [1.54, 1.807) is 41.5 Å². The summed E-state index contributed by atoms with van der Waals surface area (Å²) >= 11 is 0.612. The van der Waals surface area contributed by atoms with Gasteiger partial charge in [-0.05, 0) is 41.5 Å². The summed E-state index contributed by atoms with van der Waals surface area (Å²) in [5, 5.41) is 7.88. The zero-order valence-electron chi connectivity index (χ0n) is 22.7. The summed E-state index contributed by atoms with van der Waals surface area (Å²) in [4.78, 5) is 69.4. The summed E-state index contributed by atoms with van der Waals surface area (Å²) in [6.07, 6.45) is -2.20. The van der Waals surface area contributed by atoms with Crippen LogP contribution in [0.5, 0.6) is 0 Å². The van der Waals surface area contributed by atoms with Crippen molar-refractivity contribution in [3.63, 3.8) is 0 Å². The largest absolute Gasteiger partial charge is 0.457 e. The molecule has 0 radical (unpaired) electrons. The molecule has 1 saturated heterocycles. The van der Waals surface area contributed by atoms with Crippen molar-refractivity contribution < 1.29 is 56.0 Å². The Morgan fingerprint density at radius 2 is 1.73 bits per heavy atom.